The highest BCUT2D eigenvalue weighted by Gasteiger charge is 2.39. The smallest absolute Gasteiger partial charge is 0.254 e. The summed E-state index contributed by atoms with van der Waals surface area (Å²) in [6, 6.07) is 0. The molecule has 1 aliphatic heterocycles. The van der Waals surface area contributed by atoms with Gasteiger partial charge in [-0.2, -0.15) is 0 Å². The Morgan fingerprint density at radius 3 is 2.89 bits per heavy atom. The summed E-state index contributed by atoms with van der Waals surface area (Å²) in [5.41, 5.74) is 1.40. The summed E-state index contributed by atoms with van der Waals surface area (Å²) in [5, 5.41) is 3.27. The van der Waals surface area contributed by atoms with Gasteiger partial charge in [-0.05, 0) is 45.6 Å². The van der Waals surface area contributed by atoms with Crippen molar-refractivity contribution in [3.05, 3.63) is 27.4 Å². The zero-order valence-corrected chi connectivity index (χ0v) is 11.4. The molecular weight excluding hydrogens is 242 g/mol. The fourth-order valence-corrected chi connectivity index (χ4v) is 3.26. The first kappa shape index (κ1) is 12.8. The Morgan fingerprint density at radius 1 is 1.37 bits per heavy atom. The molecule has 0 unspecified atom stereocenters. The number of hydrogen-bond donors (Lipinski definition) is 2. The molecule has 2 heterocycles. The van der Waals surface area contributed by atoms with Gasteiger partial charge in [0.15, 0.2) is 0 Å². The molecule has 1 aliphatic carbocycles. The van der Waals surface area contributed by atoms with Crippen molar-refractivity contribution in [1.29, 1.82) is 0 Å². The Bertz CT molecular complexity index is 518. The molecule has 0 saturated heterocycles. The van der Waals surface area contributed by atoms with Crippen molar-refractivity contribution in [2.24, 2.45) is 0 Å². The summed E-state index contributed by atoms with van der Waals surface area (Å²) >= 11 is 0. The van der Waals surface area contributed by atoms with Crippen molar-refractivity contribution in [2.45, 2.75) is 51.2 Å². The Morgan fingerprint density at radius 2 is 2.16 bits per heavy atom. The number of hydrogen-bond acceptors (Lipinski definition) is 4. The molecule has 2 N–H and O–H groups in total. The predicted molar refractivity (Wildman–Crippen MR) is 72.0 cm³/mol. The highest BCUT2D eigenvalue weighted by molar-refractivity contribution is 5.22. The van der Waals surface area contributed by atoms with E-state index in [-0.39, 0.29) is 11.2 Å². The molecular formula is C14H21N3O2. The number of aromatic amines is 1. The van der Waals surface area contributed by atoms with Gasteiger partial charge in [-0.25, -0.2) is 4.98 Å². The number of H-pyrrole nitrogens is 1. The number of nitrogens with one attached hydrogen (secondary N) is 2. The second kappa shape index (κ2) is 5.06. The van der Waals surface area contributed by atoms with Crippen LogP contribution in [-0.4, -0.2) is 23.1 Å². The molecule has 3 rings (SSSR count). The summed E-state index contributed by atoms with van der Waals surface area (Å²) in [4.78, 5) is 19.9. The zero-order chi connectivity index (χ0) is 13.3. The lowest BCUT2D eigenvalue weighted by molar-refractivity contribution is -0.0460. The topological polar surface area (TPSA) is 67.0 Å². The van der Waals surface area contributed by atoms with Crippen molar-refractivity contribution >= 4 is 0 Å². The Hall–Kier alpha value is -1.20. The van der Waals surface area contributed by atoms with E-state index in [1.165, 1.54) is 0 Å². The summed E-state index contributed by atoms with van der Waals surface area (Å²) in [5.74, 6) is 0.735. The molecule has 1 fully saturated rings. The van der Waals surface area contributed by atoms with Gasteiger partial charge < -0.3 is 15.0 Å². The van der Waals surface area contributed by atoms with Crippen LogP contribution >= 0.6 is 0 Å². The third kappa shape index (κ3) is 2.21. The molecule has 0 spiro atoms. The van der Waals surface area contributed by atoms with E-state index in [4.69, 9.17) is 9.72 Å². The van der Waals surface area contributed by atoms with Crippen LogP contribution in [0, 0.1) is 0 Å². The van der Waals surface area contributed by atoms with Crippen molar-refractivity contribution in [2.75, 3.05) is 13.2 Å². The van der Waals surface area contributed by atoms with Gasteiger partial charge in [0.25, 0.3) is 5.56 Å². The molecule has 0 bridgehead atoms. The number of nitrogens with zero attached hydrogens (tertiary/aromatic N) is 1. The molecule has 104 valence electrons. The number of rotatable bonds is 3. The SMILES string of the molecule is CCOC1(c2nc3c(c(=O)[nH]2)CCNC3)CCCC1. The van der Waals surface area contributed by atoms with Gasteiger partial charge in [0.1, 0.15) is 11.4 Å². The van der Waals surface area contributed by atoms with Crippen LogP contribution in [0.25, 0.3) is 0 Å². The van der Waals surface area contributed by atoms with Gasteiger partial charge in [-0.3, -0.25) is 4.79 Å². The largest absolute Gasteiger partial charge is 0.367 e. The van der Waals surface area contributed by atoms with Crippen LogP contribution in [0.2, 0.25) is 0 Å². The summed E-state index contributed by atoms with van der Waals surface area (Å²) in [7, 11) is 0. The van der Waals surface area contributed by atoms with Crippen LogP contribution in [0.4, 0.5) is 0 Å². The predicted octanol–water partition coefficient (Wildman–Crippen LogP) is 1.22. The molecule has 0 aromatic carbocycles. The summed E-state index contributed by atoms with van der Waals surface area (Å²) < 4.78 is 5.97. The number of aromatic nitrogens is 2. The van der Waals surface area contributed by atoms with Crippen LogP contribution in [-0.2, 0) is 23.3 Å². The molecule has 5 nitrogen and oxygen atoms in total. The molecule has 0 radical (unpaired) electrons. The van der Waals surface area contributed by atoms with Crippen molar-refractivity contribution in [1.82, 2.24) is 15.3 Å². The molecule has 19 heavy (non-hydrogen) atoms. The minimum absolute atomic E-state index is 0.0208. The van der Waals surface area contributed by atoms with E-state index in [1.54, 1.807) is 0 Å². The molecule has 0 atom stereocenters. The maximum Gasteiger partial charge on any atom is 0.254 e. The standard InChI is InChI=1S/C14H21N3O2/c1-2-19-14(6-3-4-7-14)13-16-11-9-15-8-5-10(11)12(18)17-13/h15H,2-9H2,1H3,(H,16,17,18). The lowest BCUT2D eigenvalue weighted by atomic mass is 9.99. The van der Waals surface area contributed by atoms with Gasteiger partial charge in [0, 0.05) is 18.7 Å². The van der Waals surface area contributed by atoms with E-state index in [0.29, 0.717) is 13.2 Å². The fourth-order valence-electron chi connectivity index (χ4n) is 3.26. The first-order valence-corrected chi connectivity index (χ1v) is 7.22. The van der Waals surface area contributed by atoms with Crippen LogP contribution in [0.1, 0.15) is 49.7 Å². The first-order chi connectivity index (χ1) is 9.25. The average Bonchev–Trinajstić information content (AvgIpc) is 2.89. The molecule has 5 heteroatoms. The van der Waals surface area contributed by atoms with Crippen molar-refractivity contribution in [3.8, 4) is 0 Å². The van der Waals surface area contributed by atoms with Gasteiger partial charge >= 0.3 is 0 Å². The molecule has 1 saturated carbocycles. The van der Waals surface area contributed by atoms with E-state index in [0.717, 1.165) is 55.7 Å². The summed E-state index contributed by atoms with van der Waals surface area (Å²) in [6.45, 7) is 4.19. The molecule has 2 aliphatic rings. The summed E-state index contributed by atoms with van der Waals surface area (Å²) in [6.07, 6.45) is 4.95. The van der Waals surface area contributed by atoms with Crippen LogP contribution in [0.3, 0.4) is 0 Å². The number of fused-ring (bicyclic) bond motifs is 1. The van der Waals surface area contributed by atoms with E-state index in [9.17, 15) is 4.79 Å². The third-order valence-electron chi connectivity index (χ3n) is 4.21. The highest BCUT2D eigenvalue weighted by atomic mass is 16.5. The van der Waals surface area contributed by atoms with Crippen LogP contribution < -0.4 is 10.9 Å². The van der Waals surface area contributed by atoms with Gasteiger partial charge in [0.05, 0.1) is 5.69 Å². The normalized spacial score (nSPS) is 21.3. The first-order valence-electron chi connectivity index (χ1n) is 7.22. The van der Waals surface area contributed by atoms with E-state index < -0.39 is 0 Å². The maximum absolute atomic E-state index is 12.2. The van der Waals surface area contributed by atoms with E-state index >= 15 is 0 Å². The monoisotopic (exact) mass is 263 g/mol. The van der Waals surface area contributed by atoms with Crippen LogP contribution in [0.5, 0.6) is 0 Å². The Balaban J connectivity index is 2.04. The van der Waals surface area contributed by atoms with Gasteiger partial charge in [0.2, 0.25) is 0 Å². The van der Waals surface area contributed by atoms with E-state index in [2.05, 4.69) is 10.3 Å². The maximum atomic E-state index is 12.2. The number of ether oxygens (including phenoxy) is 1. The van der Waals surface area contributed by atoms with Gasteiger partial charge in [-0.15, -0.1) is 0 Å². The lowest BCUT2D eigenvalue weighted by Gasteiger charge is -2.29. The molecule has 1 aromatic heterocycles. The van der Waals surface area contributed by atoms with Crippen molar-refractivity contribution in [3.63, 3.8) is 0 Å². The minimum atomic E-state index is -0.361. The third-order valence-corrected chi connectivity index (χ3v) is 4.21. The quantitative estimate of drug-likeness (QED) is 0.860. The average molecular weight is 263 g/mol. The fraction of sp³-hybridized carbons (Fsp3) is 0.714. The zero-order valence-electron chi connectivity index (χ0n) is 11.4. The Kier molecular flexibility index (Phi) is 3.41. The van der Waals surface area contributed by atoms with Crippen molar-refractivity contribution < 1.29 is 4.74 Å². The lowest BCUT2D eigenvalue weighted by Crippen LogP contribution is -2.37. The van der Waals surface area contributed by atoms with Crippen LogP contribution in [0.15, 0.2) is 4.79 Å². The minimum Gasteiger partial charge on any atom is -0.367 e. The second-order valence-electron chi connectivity index (χ2n) is 5.40. The van der Waals surface area contributed by atoms with E-state index in [1.807, 2.05) is 6.92 Å². The Labute approximate surface area is 112 Å². The second-order valence-corrected chi connectivity index (χ2v) is 5.40. The molecule has 0 amide bonds. The molecule has 1 aromatic rings. The van der Waals surface area contributed by atoms with Gasteiger partial charge in [-0.1, -0.05) is 0 Å². The highest BCUT2D eigenvalue weighted by Crippen LogP contribution is 2.40.